The maximum Gasteiger partial charge on any atom is 0.144 e. The molecule has 4 N–H and O–H groups in total. The summed E-state index contributed by atoms with van der Waals surface area (Å²) in [6.45, 7) is 10.1. The zero-order chi connectivity index (χ0) is 24.2. The first-order valence-corrected chi connectivity index (χ1v) is 12.1. The Bertz CT molecular complexity index is 907. The number of aromatic hydroxyl groups is 1. The van der Waals surface area contributed by atoms with E-state index in [-0.39, 0.29) is 18.4 Å². The van der Waals surface area contributed by atoms with Crippen LogP contribution in [0.25, 0.3) is 6.08 Å². The van der Waals surface area contributed by atoms with E-state index in [1.165, 1.54) is 6.42 Å². The van der Waals surface area contributed by atoms with Crippen molar-refractivity contribution in [2.45, 2.75) is 39.2 Å². The van der Waals surface area contributed by atoms with Crippen molar-refractivity contribution in [3.63, 3.8) is 0 Å². The molecule has 0 aliphatic carbocycles. The van der Waals surface area contributed by atoms with Crippen LogP contribution in [-0.4, -0.2) is 43.5 Å². The highest BCUT2D eigenvalue weighted by Crippen LogP contribution is 2.42. The van der Waals surface area contributed by atoms with E-state index in [1.807, 2.05) is 31.3 Å². The summed E-state index contributed by atoms with van der Waals surface area (Å²) in [4.78, 5) is 2.17. The SMILES string of the molecule is C=CCCC.CCCN(CCO)c1ccc(C(NC)c2cc(Cl)c3c(c2O)NCC=C3)cc1. The molecule has 1 heterocycles. The molecule has 0 amide bonds. The zero-order valence-electron chi connectivity index (χ0n) is 20.1. The number of fused-ring (bicyclic) bond motifs is 1. The van der Waals surface area contributed by atoms with E-state index < -0.39 is 0 Å². The van der Waals surface area contributed by atoms with Crippen LogP contribution < -0.4 is 15.5 Å². The number of aliphatic hydroxyl groups excluding tert-OH is 1. The van der Waals surface area contributed by atoms with Crippen LogP contribution >= 0.6 is 11.6 Å². The summed E-state index contributed by atoms with van der Waals surface area (Å²) in [5.74, 6) is 0.222. The lowest BCUT2D eigenvalue weighted by atomic mass is 9.94. The first kappa shape index (κ1) is 26.8. The maximum absolute atomic E-state index is 10.9. The summed E-state index contributed by atoms with van der Waals surface area (Å²) in [6, 6.07) is 9.86. The number of anilines is 2. The number of hydrogen-bond donors (Lipinski definition) is 4. The van der Waals surface area contributed by atoms with Crippen LogP contribution in [0.4, 0.5) is 11.4 Å². The van der Waals surface area contributed by atoms with Gasteiger partial charge in [0.15, 0.2) is 0 Å². The molecule has 33 heavy (non-hydrogen) atoms. The lowest BCUT2D eigenvalue weighted by molar-refractivity contribution is 0.302. The van der Waals surface area contributed by atoms with Crippen molar-refractivity contribution < 1.29 is 10.2 Å². The van der Waals surface area contributed by atoms with Crippen LogP contribution in [0.3, 0.4) is 0 Å². The standard InChI is InChI=1S/C22H28ClN3O2.C5H10/c1-3-11-26(12-13-27)16-8-6-15(7-9-16)20(24-2)18-14-19(23)17-5-4-10-25-21(17)22(18)28;1-3-5-4-2/h4-9,14,20,24-25,27-28H,3,10-13H2,1-2H3;3H,1,4-5H2,2H3. The second kappa shape index (κ2) is 13.9. The van der Waals surface area contributed by atoms with E-state index in [0.717, 1.165) is 41.8 Å². The first-order chi connectivity index (χ1) is 16.0. The van der Waals surface area contributed by atoms with Crippen molar-refractivity contribution in [1.82, 2.24) is 5.32 Å². The summed E-state index contributed by atoms with van der Waals surface area (Å²) < 4.78 is 0. The van der Waals surface area contributed by atoms with Gasteiger partial charge in [-0.2, -0.15) is 0 Å². The van der Waals surface area contributed by atoms with E-state index >= 15 is 0 Å². The second-order valence-corrected chi connectivity index (χ2v) is 8.38. The molecule has 1 aliphatic heterocycles. The number of nitrogens with zero attached hydrogens (tertiary/aromatic N) is 1. The highest BCUT2D eigenvalue weighted by molar-refractivity contribution is 6.33. The van der Waals surface area contributed by atoms with E-state index in [2.05, 4.69) is 60.2 Å². The molecule has 0 aromatic heterocycles. The molecule has 1 unspecified atom stereocenters. The Labute approximate surface area is 203 Å². The zero-order valence-corrected chi connectivity index (χ0v) is 20.8. The Morgan fingerprint density at radius 3 is 2.48 bits per heavy atom. The molecule has 0 bridgehead atoms. The number of allylic oxidation sites excluding steroid dienone is 1. The minimum atomic E-state index is -0.193. The summed E-state index contributed by atoms with van der Waals surface area (Å²) in [5, 5.41) is 27.3. The van der Waals surface area contributed by atoms with Crippen LogP contribution in [0.15, 0.2) is 49.1 Å². The molecule has 1 atom stereocenters. The molecule has 0 saturated heterocycles. The lowest BCUT2D eigenvalue weighted by Crippen LogP contribution is -2.27. The van der Waals surface area contributed by atoms with Gasteiger partial charge in [0, 0.05) is 36.4 Å². The second-order valence-electron chi connectivity index (χ2n) is 7.97. The number of hydrogen-bond acceptors (Lipinski definition) is 5. The van der Waals surface area contributed by atoms with Crippen molar-refractivity contribution in [2.75, 3.05) is 43.5 Å². The maximum atomic E-state index is 10.9. The van der Waals surface area contributed by atoms with E-state index in [4.69, 9.17) is 11.6 Å². The van der Waals surface area contributed by atoms with Crippen molar-refractivity contribution in [2.24, 2.45) is 0 Å². The van der Waals surface area contributed by atoms with Gasteiger partial charge in [0.2, 0.25) is 0 Å². The molecule has 0 spiro atoms. The highest BCUT2D eigenvalue weighted by Gasteiger charge is 2.23. The van der Waals surface area contributed by atoms with Gasteiger partial charge in [0.05, 0.1) is 23.4 Å². The monoisotopic (exact) mass is 471 g/mol. The van der Waals surface area contributed by atoms with Crippen molar-refractivity contribution in [3.05, 3.63) is 70.8 Å². The quantitative estimate of drug-likeness (QED) is 0.254. The number of rotatable bonds is 10. The Balaban J connectivity index is 0.000000696. The largest absolute Gasteiger partial charge is 0.505 e. The molecule has 2 aromatic rings. The topological polar surface area (TPSA) is 67.8 Å². The fourth-order valence-corrected chi connectivity index (χ4v) is 4.19. The third-order valence-electron chi connectivity index (χ3n) is 5.55. The normalized spacial score (nSPS) is 12.8. The molecular formula is C27H38ClN3O2. The van der Waals surface area contributed by atoms with Crippen LogP contribution in [-0.2, 0) is 0 Å². The van der Waals surface area contributed by atoms with Gasteiger partial charge in [-0.15, -0.1) is 6.58 Å². The summed E-state index contributed by atoms with van der Waals surface area (Å²) in [7, 11) is 1.87. The van der Waals surface area contributed by atoms with Crippen molar-refractivity contribution >= 4 is 29.1 Å². The number of benzene rings is 2. The van der Waals surface area contributed by atoms with Crippen LogP contribution in [0, 0.1) is 0 Å². The Morgan fingerprint density at radius 1 is 1.21 bits per heavy atom. The van der Waals surface area contributed by atoms with Gasteiger partial charge in [-0.1, -0.05) is 62.2 Å². The fourth-order valence-electron chi connectivity index (χ4n) is 3.92. The minimum absolute atomic E-state index is 0.129. The molecule has 0 fully saturated rings. The van der Waals surface area contributed by atoms with E-state index in [0.29, 0.717) is 23.8 Å². The average Bonchev–Trinajstić information content (AvgIpc) is 2.84. The van der Waals surface area contributed by atoms with Gasteiger partial charge >= 0.3 is 0 Å². The van der Waals surface area contributed by atoms with E-state index in [1.54, 1.807) is 0 Å². The first-order valence-electron chi connectivity index (χ1n) is 11.7. The Kier molecular flexibility index (Phi) is 11.3. The Hall–Kier alpha value is -2.47. The third kappa shape index (κ3) is 7.00. The van der Waals surface area contributed by atoms with Crippen LogP contribution in [0.5, 0.6) is 5.75 Å². The predicted octanol–water partition coefficient (Wildman–Crippen LogP) is 5.97. The predicted molar refractivity (Wildman–Crippen MR) is 143 cm³/mol. The summed E-state index contributed by atoms with van der Waals surface area (Å²) in [6.07, 6.45) is 9.24. The number of aliphatic hydroxyl groups is 1. The molecule has 0 saturated carbocycles. The van der Waals surface area contributed by atoms with Gasteiger partial charge in [-0.25, -0.2) is 0 Å². The lowest BCUT2D eigenvalue weighted by Gasteiger charge is -2.26. The molecule has 3 rings (SSSR count). The molecule has 2 aromatic carbocycles. The van der Waals surface area contributed by atoms with Crippen molar-refractivity contribution in [1.29, 1.82) is 0 Å². The average molecular weight is 472 g/mol. The minimum Gasteiger partial charge on any atom is -0.505 e. The van der Waals surface area contributed by atoms with Gasteiger partial charge in [0.25, 0.3) is 0 Å². The molecule has 1 aliphatic rings. The smallest absolute Gasteiger partial charge is 0.144 e. The molecule has 5 nitrogen and oxygen atoms in total. The fraction of sp³-hybridized carbons (Fsp3) is 0.407. The number of nitrogens with one attached hydrogen (secondary N) is 2. The number of unbranched alkanes of at least 4 members (excludes halogenated alkanes) is 1. The summed E-state index contributed by atoms with van der Waals surface area (Å²) >= 11 is 6.48. The van der Waals surface area contributed by atoms with Crippen LogP contribution in [0.2, 0.25) is 5.02 Å². The number of phenolic OH excluding ortho intramolecular Hbond substituents is 1. The van der Waals surface area contributed by atoms with Crippen LogP contribution in [0.1, 0.15) is 55.8 Å². The van der Waals surface area contributed by atoms with Crippen molar-refractivity contribution in [3.8, 4) is 5.75 Å². The molecule has 180 valence electrons. The van der Waals surface area contributed by atoms with Gasteiger partial charge in [-0.05, 0) is 43.7 Å². The molecule has 6 heteroatoms. The van der Waals surface area contributed by atoms with Gasteiger partial charge in [-0.3, -0.25) is 0 Å². The van der Waals surface area contributed by atoms with E-state index in [9.17, 15) is 10.2 Å². The third-order valence-corrected chi connectivity index (χ3v) is 5.86. The van der Waals surface area contributed by atoms with Gasteiger partial charge in [0.1, 0.15) is 5.75 Å². The Morgan fingerprint density at radius 2 is 1.94 bits per heavy atom. The number of phenols is 1. The number of halogens is 1. The molecule has 0 radical (unpaired) electrons. The molecular weight excluding hydrogens is 434 g/mol. The van der Waals surface area contributed by atoms with Gasteiger partial charge < -0.3 is 25.7 Å². The highest BCUT2D eigenvalue weighted by atomic mass is 35.5. The summed E-state index contributed by atoms with van der Waals surface area (Å²) in [5.41, 5.74) is 4.35.